The lowest BCUT2D eigenvalue weighted by molar-refractivity contribution is -0.131. The van der Waals surface area contributed by atoms with E-state index in [1.165, 1.54) is 0 Å². The van der Waals surface area contributed by atoms with Gasteiger partial charge < -0.3 is 15.1 Å². The first-order valence-corrected chi connectivity index (χ1v) is 7.68. The summed E-state index contributed by atoms with van der Waals surface area (Å²) in [7, 11) is 1.92. The number of carbonyl (C=O) groups is 1. The minimum Gasteiger partial charge on any atom is -0.345 e. The number of thiazole rings is 1. The number of rotatable bonds is 5. The highest BCUT2D eigenvalue weighted by molar-refractivity contribution is 7.13. The van der Waals surface area contributed by atoms with Crippen molar-refractivity contribution in [3.05, 3.63) is 11.1 Å². The van der Waals surface area contributed by atoms with Gasteiger partial charge in [0.15, 0.2) is 5.13 Å². The van der Waals surface area contributed by atoms with E-state index in [0.29, 0.717) is 6.42 Å². The molecule has 1 fully saturated rings. The molecule has 1 N–H and O–H groups in total. The van der Waals surface area contributed by atoms with Crippen molar-refractivity contribution in [2.24, 2.45) is 0 Å². The van der Waals surface area contributed by atoms with E-state index in [1.807, 2.05) is 18.9 Å². The van der Waals surface area contributed by atoms with Crippen molar-refractivity contribution in [2.45, 2.75) is 19.8 Å². The first kappa shape index (κ1) is 20.4. The average molecular weight is 355 g/mol. The molecule has 1 amide bonds. The van der Waals surface area contributed by atoms with Crippen LogP contribution in [0.25, 0.3) is 0 Å². The number of amides is 1. The van der Waals surface area contributed by atoms with Crippen LogP contribution in [-0.2, 0) is 4.79 Å². The van der Waals surface area contributed by atoms with Crippen LogP contribution < -0.4 is 10.2 Å². The summed E-state index contributed by atoms with van der Waals surface area (Å²) in [6, 6.07) is 0. The number of aromatic nitrogens is 1. The SMILES string of the molecule is CNCCCC(=O)N1CCN(c2nc(C)cs2)CC1.Cl.Cl. The second kappa shape index (κ2) is 10.2. The second-order valence-electron chi connectivity index (χ2n) is 4.85. The summed E-state index contributed by atoms with van der Waals surface area (Å²) in [5, 5.41) is 6.23. The summed E-state index contributed by atoms with van der Waals surface area (Å²) in [5.74, 6) is 0.283. The van der Waals surface area contributed by atoms with Gasteiger partial charge in [0.05, 0.1) is 5.69 Å². The van der Waals surface area contributed by atoms with Crippen LogP contribution in [0.1, 0.15) is 18.5 Å². The maximum absolute atomic E-state index is 12.0. The Labute approximate surface area is 142 Å². The molecule has 2 heterocycles. The van der Waals surface area contributed by atoms with E-state index in [4.69, 9.17) is 0 Å². The van der Waals surface area contributed by atoms with Gasteiger partial charge in [-0.3, -0.25) is 4.79 Å². The van der Waals surface area contributed by atoms with E-state index in [-0.39, 0.29) is 30.7 Å². The third kappa shape index (κ3) is 5.98. The number of nitrogens with zero attached hydrogens (tertiary/aromatic N) is 3. The minimum atomic E-state index is 0. The molecule has 122 valence electrons. The van der Waals surface area contributed by atoms with Gasteiger partial charge in [0.1, 0.15) is 0 Å². The number of halogens is 2. The highest BCUT2D eigenvalue weighted by Gasteiger charge is 2.22. The van der Waals surface area contributed by atoms with Crippen LogP contribution in [0.15, 0.2) is 5.38 Å². The summed E-state index contributed by atoms with van der Waals surface area (Å²) in [6.45, 7) is 6.34. The fraction of sp³-hybridized carbons (Fsp3) is 0.692. The molecular formula is C13H24Cl2N4OS. The molecule has 0 aromatic carbocycles. The molecule has 2 rings (SSSR count). The Hall–Kier alpha value is -0.560. The van der Waals surface area contributed by atoms with Crippen LogP contribution in [0.5, 0.6) is 0 Å². The number of hydrogen-bond donors (Lipinski definition) is 1. The zero-order chi connectivity index (χ0) is 13.7. The van der Waals surface area contributed by atoms with E-state index in [2.05, 4.69) is 20.6 Å². The molecule has 1 aromatic heterocycles. The fourth-order valence-electron chi connectivity index (χ4n) is 2.21. The Morgan fingerprint density at radius 2 is 2.00 bits per heavy atom. The highest BCUT2D eigenvalue weighted by atomic mass is 35.5. The van der Waals surface area contributed by atoms with Gasteiger partial charge in [-0.05, 0) is 26.9 Å². The van der Waals surface area contributed by atoms with Gasteiger partial charge in [-0.15, -0.1) is 36.2 Å². The predicted octanol–water partition coefficient (Wildman–Crippen LogP) is 1.94. The number of hydrogen-bond acceptors (Lipinski definition) is 5. The largest absolute Gasteiger partial charge is 0.345 e. The smallest absolute Gasteiger partial charge is 0.222 e. The maximum Gasteiger partial charge on any atom is 0.222 e. The summed E-state index contributed by atoms with van der Waals surface area (Å²) >= 11 is 1.69. The Kier molecular flexibility index (Phi) is 9.94. The van der Waals surface area contributed by atoms with Crippen LogP contribution in [-0.4, -0.2) is 55.6 Å². The lowest BCUT2D eigenvalue weighted by Gasteiger charge is -2.34. The number of nitrogens with one attached hydrogen (secondary N) is 1. The predicted molar refractivity (Wildman–Crippen MR) is 93.3 cm³/mol. The molecule has 0 unspecified atom stereocenters. The van der Waals surface area contributed by atoms with Crippen molar-refractivity contribution in [3.8, 4) is 0 Å². The highest BCUT2D eigenvalue weighted by Crippen LogP contribution is 2.21. The van der Waals surface area contributed by atoms with Crippen LogP contribution in [0.3, 0.4) is 0 Å². The molecule has 0 radical (unpaired) electrons. The van der Waals surface area contributed by atoms with Gasteiger partial charge in [-0.25, -0.2) is 4.98 Å². The van der Waals surface area contributed by atoms with Gasteiger partial charge in [0, 0.05) is 38.0 Å². The fourth-order valence-corrected chi connectivity index (χ4v) is 3.07. The van der Waals surface area contributed by atoms with Crippen LogP contribution >= 0.6 is 36.2 Å². The average Bonchev–Trinajstić information content (AvgIpc) is 2.86. The number of aryl methyl sites for hydroxylation is 1. The third-order valence-corrected chi connectivity index (χ3v) is 4.35. The molecule has 5 nitrogen and oxygen atoms in total. The number of carbonyl (C=O) groups excluding carboxylic acids is 1. The molecule has 0 bridgehead atoms. The Bertz CT molecular complexity index is 422. The zero-order valence-electron chi connectivity index (χ0n) is 12.5. The lowest BCUT2D eigenvalue weighted by Crippen LogP contribution is -2.48. The molecule has 8 heteroatoms. The van der Waals surface area contributed by atoms with E-state index in [1.54, 1.807) is 11.3 Å². The van der Waals surface area contributed by atoms with Crippen LogP contribution in [0.4, 0.5) is 5.13 Å². The minimum absolute atomic E-state index is 0. The first-order chi connectivity index (χ1) is 9.20. The standard InChI is InChI=1S/C13H22N4OS.2ClH/c1-11-10-19-13(15-11)17-8-6-16(7-9-17)12(18)4-3-5-14-2;;/h10,14H,3-9H2,1-2H3;2*1H. The molecule has 0 spiro atoms. The molecule has 0 atom stereocenters. The molecule has 21 heavy (non-hydrogen) atoms. The third-order valence-electron chi connectivity index (χ3n) is 3.33. The maximum atomic E-state index is 12.0. The number of piperazine rings is 1. The van der Waals surface area contributed by atoms with Gasteiger partial charge in [0.25, 0.3) is 0 Å². The van der Waals surface area contributed by atoms with E-state index in [0.717, 1.165) is 50.0 Å². The zero-order valence-corrected chi connectivity index (χ0v) is 15.0. The summed E-state index contributed by atoms with van der Waals surface area (Å²) in [5.41, 5.74) is 1.07. The van der Waals surface area contributed by atoms with E-state index in [9.17, 15) is 4.79 Å². The Morgan fingerprint density at radius 1 is 1.33 bits per heavy atom. The molecule has 0 saturated carbocycles. The normalized spacial score (nSPS) is 14.4. The molecule has 0 aliphatic carbocycles. The van der Waals surface area contributed by atoms with Crippen molar-refractivity contribution < 1.29 is 4.79 Å². The van der Waals surface area contributed by atoms with Crippen molar-refractivity contribution >= 4 is 47.2 Å². The van der Waals surface area contributed by atoms with Gasteiger partial charge >= 0.3 is 0 Å². The molecule has 1 saturated heterocycles. The second-order valence-corrected chi connectivity index (χ2v) is 5.68. The molecule has 1 aliphatic rings. The topological polar surface area (TPSA) is 48.5 Å². The molecular weight excluding hydrogens is 331 g/mol. The van der Waals surface area contributed by atoms with Gasteiger partial charge in [-0.1, -0.05) is 0 Å². The molecule has 1 aliphatic heterocycles. The lowest BCUT2D eigenvalue weighted by atomic mass is 10.2. The summed E-state index contributed by atoms with van der Waals surface area (Å²) in [6.07, 6.45) is 1.57. The van der Waals surface area contributed by atoms with Crippen molar-refractivity contribution in [3.63, 3.8) is 0 Å². The first-order valence-electron chi connectivity index (χ1n) is 6.80. The van der Waals surface area contributed by atoms with Crippen molar-refractivity contribution in [2.75, 3.05) is 44.7 Å². The summed E-state index contributed by atoms with van der Waals surface area (Å²) in [4.78, 5) is 20.7. The van der Waals surface area contributed by atoms with Gasteiger partial charge in [0.2, 0.25) is 5.91 Å². The monoisotopic (exact) mass is 354 g/mol. The van der Waals surface area contributed by atoms with E-state index >= 15 is 0 Å². The Balaban J connectivity index is 0.00000200. The Morgan fingerprint density at radius 3 is 2.52 bits per heavy atom. The van der Waals surface area contributed by atoms with E-state index < -0.39 is 0 Å². The van der Waals surface area contributed by atoms with Crippen molar-refractivity contribution in [1.29, 1.82) is 0 Å². The van der Waals surface area contributed by atoms with Crippen LogP contribution in [0, 0.1) is 6.92 Å². The van der Waals surface area contributed by atoms with Crippen molar-refractivity contribution in [1.82, 2.24) is 15.2 Å². The van der Waals surface area contributed by atoms with Gasteiger partial charge in [-0.2, -0.15) is 0 Å². The summed E-state index contributed by atoms with van der Waals surface area (Å²) < 4.78 is 0. The number of anilines is 1. The quantitative estimate of drug-likeness (QED) is 0.821. The van der Waals surface area contributed by atoms with Crippen LogP contribution in [0.2, 0.25) is 0 Å². The molecule has 1 aromatic rings.